The van der Waals surface area contributed by atoms with Crippen LogP contribution in [0.5, 0.6) is 0 Å². The Hall–Kier alpha value is -3.63. The molecule has 0 saturated carbocycles. The Balaban J connectivity index is 1.60. The monoisotopic (exact) mass is 454 g/mol. The first-order valence-corrected chi connectivity index (χ1v) is 10.8. The lowest BCUT2D eigenvalue weighted by Gasteiger charge is -2.37. The first-order chi connectivity index (χ1) is 15.8. The van der Waals surface area contributed by atoms with Crippen LogP contribution in [0.25, 0.3) is 16.9 Å². The Morgan fingerprint density at radius 1 is 1.24 bits per heavy atom. The molecule has 5 rings (SSSR count). The van der Waals surface area contributed by atoms with Crippen LogP contribution in [0.2, 0.25) is 0 Å². The van der Waals surface area contributed by atoms with E-state index in [0.29, 0.717) is 22.7 Å². The molecule has 0 N–H and O–H groups in total. The van der Waals surface area contributed by atoms with Gasteiger partial charge in [0.25, 0.3) is 12.3 Å². The van der Waals surface area contributed by atoms with Crippen molar-refractivity contribution in [3.05, 3.63) is 47.7 Å². The number of carbonyl (C=O) groups is 1. The lowest BCUT2D eigenvalue weighted by molar-refractivity contribution is 0.0609. The zero-order valence-corrected chi connectivity index (χ0v) is 18.8. The van der Waals surface area contributed by atoms with Crippen molar-refractivity contribution >= 4 is 17.4 Å². The van der Waals surface area contributed by atoms with Crippen LogP contribution in [-0.2, 0) is 6.54 Å². The van der Waals surface area contributed by atoms with E-state index in [0.717, 1.165) is 23.5 Å². The van der Waals surface area contributed by atoms with Crippen LogP contribution in [-0.4, -0.2) is 52.5 Å². The molecule has 0 bridgehead atoms. The first kappa shape index (κ1) is 21.2. The average Bonchev–Trinajstić information content (AvgIpc) is 3.48. The lowest BCUT2D eigenvalue weighted by Crippen LogP contribution is -2.46. The minimum absolute atomic E-state index is 0.102. The molecule has 1 aliphatic rings. The highest BCUT2D eigenvalue weighted by atomic mass is 19.3. The lowest BCUT2D eigenvalue weighted by atomic mass is 10.0. The topological polar surface area (TPSA) is 86.1 Å². The number of aromatic nitrogens is 7. The van der Waals surface area contributed by atoms with Crippen LogP contribution in [0.15, 0.2) is 30.7 Å². The summed E-state index contributed by atoms with van der Waals surface area (Å²) in [7, 11) is 0. The van der Waals surface area contributed by atoms with E-state index in [1.54, 1.807) is 36.8 Å². The number of anilines is 1. The summed E-state index contributed by atoms with van der Waals surface area (Å²) in [6.45, 7) is 8.23. The van der Waals surface area contributed by atoms with Gasteiger partial charge in [0.1, 0.15) is 17.4 Å². The van der Waals surface area contributed by atoms with E-state index >= 15 is 0 Å². The molecule has 0 fully saturated rings. The van der Waals surface area contributed by atoms with Gasteiger partial charge in [-0.05, 0) is 40.2 Å². The van der Waals surface area contributed by atoms with Crippen LogP contribution >= 0.6 is 0 Å². The maximum Gasteiger partial charge on any atom is 0.265 e. The van der Waals surface area contributed by atoms with Crippen molar-refractivity contribution in [3.63, 3.8) is 0 Å². The molecule has 172 valence electrons. The van der Waals surface area contributed by atoms with E-state index in [4.69, 9.17) is 0 Å². The molecule has 0 aromatic carbocycles. The Bertz CT molecular complexity index is 1350. The van der Waals surface area contributed by atoms with Crippen molar-refractivity contribution in [2.75, 3.05) is 4.90 Å². The van der Waals surface area contributed by atoms with Crippen molar-refractivity contribution in [2.45, 2.75) is 59.2 Å². The van der Waals surface area contributed by atoms with Gasteiger partial charge in [-0.2, -0.15) is 15.3 Å². The summed E-state index contributed by atoms with van der Waals surface area (Å²) < 4.78 is 32.1. The molecule has 0 radical (unpaired) electrons. The predicted molar refractivity (Wildman–Crippen MR) is 118 cm³/mol. The molecule has 33 heavy (non-hydrogen) atoms. The molecular weight excluding hydrogens is 430 g/mol. The van der Waals surface area contributed by atoms with Crippen molar-refractivity contribution < 1.29 is 13.6 Å². The number of hydrogen-bond donors (Lipinski definition) is 0. The molecule has 1 amide bonds. The standard InChI is InChI=1S/C22H24F2N8O/c1-5-29-14(4)15(10-26-29)17-6-7-25-21-16(11-27-32(17)21)22(33)30-13(3)9-18(20(23)24)31-19(30)8-12(2)28-31/h6-8,10-11,13,18,20H,5,9H2,1-4H3/t13-,18-/m0/s1. The maximum atomic E-state index is 13.7. The summed E-state index contributed by atoms with van der Waals surface area (Å²) in [5.41, 5.74) is 3.91. The zero-order chi connectivity index (χ0) is 23.4. The minimum atomic E-state index is -2.57. The molecule has 0 spiro atoms. The van der Waals surface area contributed by atoms with Gasteiger partial charge in [-0.1, -0.05) is 0 Å². The summed E-state index contributed by atoms with van der Waals surface area (Å²) in [6.07, 6.45) is 2.41. The van der Waals surface area contributed by atoms with Crippen LogP contribution in [0.1, 0.15) is 48.1 Å². The number of halogens is 2. The third kappa shape index (κ3) is 3.21. The second-order valence-corrected chi connectivity index (χ2v) is 8.33. The predicted octanol–water partition coefficient (Wildman–Crippen LogP) is 3.67. The Labute approximate surface area is 188 Å². The van der Waals surface area contributed by atoms with Crippen molar-refractivity contribution in [1.29, 1.82) is 0 Å². The fourth-order valence-corrected chi connectivity index (χ4v) is 4.61. The summed E-state index contributed by atoms with van der Waals surface area (Å²) >= 11 is 0. The van der Waals surface area contributed by atoms with Gasteiger partial charge < -0.3 is 0 Å². The summed E-state index contributed by atoms with van der Waals surface area (Å²) in [4.78, 5) is 19.6. The highest BCUT2D eigenvalue weighted by Gasteiger charge is 2.40. The van der Waals surface area contributed by atoms with Crippen LogP contribution in [0.3, 0.4) is 0 Å². The number of carbonyl (C=O) groups excluding carboxylic acids is 1. The third-order valence-corrected chi connectivity index (χ3v) is 6.24. The Kier molecular flexibility index (Phi) is 4.98. The zero-order valence-electron chi connectivity index (χ0n) is 18.8. The summed E-state index contributed by atoms with van der Waals surface area (Å²) in [5.74, 6) is 0.00844. The molecule has 4 aromatic heterocycles. The number of hydrogen-bond acceptors (Lipinski definition) is 5. The SMILES string of the molecule is CCn1ncc(-c2ccnc3c(C(=O)N4c5cc(C)nn5[C@H](C(F)F)C[C@@H]4C)cnn23)c1C. The third-order valence-electron chi connectivity index (χ3n) is 6.24. The second-order valence-electron chi connectivity index (χ2n) is 8.33. The number of fused-ring (bicyclic) bond motifs is 2. The Morgan fingerprint density at radius 2 is 2.03 bits per heavy atom. The molecule has 5 heterocycles. The van der Waals surface area contributed by atoms with Crippen molar-refractivity contribution in [2.24, 2.45) is 0 Å². The quantitative estimate of drug-likeness (QED) is 0.470. The number of aryl methyl sites for hydroxylation is 2. The van der Waals surface area contributed by atoms with E-state index in [1.807, 2.05) is 24.6 Å². The van der Waals surface area contributed by atoms with Gasteiger partial charge in [0, 0.05) is 36.1 Å². The van der Waals surface area contributed by atoms with Crippen LogP contribution in [0, 0.1) is 13.8 Å². The molecule has 11 heteroatoms. The molecule has 1 aliphatic heterocycles. The second kappa shape index (κ2) is 7.75. The number of amides is 1. The average molecular weight is 454 g/mol. The first-order valence-electron chi connectivity index (χ1n) is 10.8. The summed E-state index contributed by atoms with van der Waals surface area (Å²) in [6, 6.07) is 1.98. The van der Waals surface area contributed by atoms with Gasteiger partial charge in [-0.25, -0.2) is 23.0 Å². The van der Waals surface area contributed by atoms with E-state index in [2.05, 4.69) is 20.3 Å². The summed E-state index contributed by atoms with van der Waals surface area (Å²) in [5, 5.41) is 13.1. The van der Waals surface area contributed by atoms with Crippen LogP contribution < -0.4 is 4.90 Å². The number of alkyl halides is 2. The van der Waals surface area contributed by atoms with Crippen LogP contribution in [0.4, 0.5) is 14.6 Å². The highest BCUT2D eigenvalue weighted by Crippen LogP contribution is 2.37. The van der Waals surface area contributed by atoms with E-state index < -0.39 is 18.5 Å². The van der Waals surface area contributed by atoms with Crippen molar-refractivity contribution in [3.8, 4) is 11.3 Å². The Morgan fingerprint density at radius 3 is 2.73 bits per heavy atom. The maximum absolute atomic E-state index is 13.7. The van der Waals surface area contributed by atoms with Gasteiger partial charge in [0.15, 0.2) is 5.65 Å². The van der Waals surface area contributed by atoms with E-state index in [9.17, 15) is 13.6 Å². The number of nitrogens with zero attached hydrogens (tertiary/aromatic N) is 8. The minimum Gasteiger partial charge on any atom is -0.290 e. The smallest absolute Gasteiger partial charge is 0.265 e. The van der Waals surface area contributed by atoms with Gasteiger partial charge >= 0.3 is 0 Å². The van der Waals surface area contributed by atoms with E-state index in [1.165, 1.54) is 15.8 Å². The fourth-order valence-electron chi connectivity index (χ4n) is 4.61. The van der Waals surface area contributed by atoms with E-state index in [-0.39, 0.29) is 12.3 Å². The van der Waals surface area contributed by atoms with Crippen molar-refractivity contribution in [1.82, 2.24) is 34.2 Å². The molecule has 9 nitrogen and oxygen atoms in total. The fraction of sp³-hybridized carbons (Fsp3) is 0.409. The van der Waals surface area contributed by atoms with Gasteiger partial charge in [0.2, 0.25) is 0 Å². The molecule has 0 saturated heterocycles. The number of rotatable bonds is 4. The van der Waals surface area contributed by atoms with Gasteiger partial charge in [-0.3, -0.25) is 14.4 Å². The van der Waals surface area contributed by atoms with Gasteiger partial charge in [-0.15, -0.1) is 0 Å². The largest absolute Gasteiger partial charge is 0.290 e. The molecule has 0 unspecified atom stereocenters. The normalized spacial score (nSPS) is 18.3. The molecule has 4 aromatic rings. The molecule has 2 atom stereocenters. The molecule has 0 aliphatic carbocycles. The van der Waals surface area contributed by atoms with Gasteiger partial charge in [0.05, 0.1) is 23.8 Å². The highest BCUT2D eigenvalue weighted by molar-refractivity contribution is 6.10. The molecular formula is C22H24F2N8O.